The minimum Gasteiger partial charge on any atom is -0.494 e. The van der Waals surface area contributed by atoms with Crippen LogP contribution in [-0.4, -0.2) is 40.7 Å². The van der Waals surface area contributed by atoms with Gasteiger partial charge in [-0.3, -0.25) is 19.3 Å². The van der Waals surface area contributed by atoms with Crippen LogP contribution in [0.2, 0.25) is 0 Å². The van der Waals surface area contributed by atoms with Crippen molar-refractivity contribution in [3.05, 3.63) is 88.9 Å². The van der Waals surface area contributed by atoms with Gasteiger partial charge in [-0.1, -0.05) is 12.1 Å². The Morgan fingerprint density at radius 3 is 2.58 bits per heavy atom. The number of imide groups is 1. The lowest BCUT2D eigenvalue weighted by Gasteiger charge is -2.25. The fourth-order valence-corrected chi connectivity index (χ4v) is 4.60. The average Bonchev–Trinajstić information content (AvgIpc) is 3.57. The van der Waals surface area contributed by atoms with Gasteiger partial charge in [-0.2, -0.15) is 0 Å². The van der Waals surface area contributed by atoms with Gasteiger partial charge < -0.3 is 14.1 Å². The van der Waals surface area contributed by atoms with Crippen LogP contribution in [0.15, 0.2) is 65.3 Å². The fraction of sp³-hybridized carbons (Fsp3) is 0.269. The summed E-state index contributed by atoms with van der Waals surface area (Å²) in [7, 11) is 0. The highest BCUT2D eigenvalue weighted by molar-refractivity contribution is 6.22. The predicted molar refractivity (Wildman–Crippen MR) is 120 cm³/mol. The molecule has 7 heteroatoms. The van der Waals surface area contributed by atoms with E-state index in [0.717, 1.165) is 29.1 Å². The Balaban J connectivity index is 1.37. The predicted octanol–water partition coefficient (Wildman–Crippen LogP) is 4.45. The first-order valence-corrected chi connectivity index (χ1v) is 11.1. The second-order valence-electron chi connectivity index (χ2n) is 8.19. The van der Waals surface area contributed by atoms with E-state index < -0.39 is 5.91 Å². The molecule has 3 amide bonds. The van der Waals surface area contributed by atoms with Crippen LogP contribution in [0.3, 0.4) is 0 Å². The Hall–Kier alpha value is -3.87. The zero-order valence-electron chi connectivity index (χ0n) is 18.3. The molecule has 3 aromatic rings. The van der Waals surface area contributed by atoms with Crippen LogP contribution >= 0.6 is 0 Å². The number of carbonyl (C=O) groups is 3. The van der Waals surface area contributed by atoms with Crippen LogP contribution in [0.1, 0.15) is 68.2 Å². The molecule has 2 aliphatic rings. The molecule has 0 N–H and O–H groups in total. The van der Waals surface area contributed by atoms with Crippen molar-refractivity contribution in [2.75, 3.05) is 13.2 Å². The molecule has 0 aliphatic carbocycles. The topological polar surface area (TPSA) is 80.1 Å². The van der Waals surface area contributed by atoms with Gasteiger partial charge in [-0.05, 0) is 67.8 Å². The van der Waals surface area contributed by atoms with E-state index in [-0.39, 0.29) is 30.0 Å². The molecule has 1 saturated heterocycles. The molecule has 0 bridgehead atoms. The standard InChI is InChI=1S/C26H24N2O5/c1-2-32-19-10-7-17(8-11-19)23-6-3-13-27(23)24(29)18-9-12-21-22(15-18)26(31)28(25(21)30)16-20-5-4-14-33-20/h4-5,7-12,14-15,23H,2-3,6,13,16H2,1H3. The maximum Gasteiger partial charge on any atom is 0.261 e. The number of nitrogens with zero attached hydrogens (tertiary/aromatic N) is 2. The Morgan fingerprint density at radius 2 is 1.85 bits per heavy atom. The normalized spacial score (nSPS) is 17.5. The second-order valence-corrected chi connectivity index (χ2v) is 8.19. The Labute approximate surface area is 191 Å². The van der Waals surface area contributed by atoms with E-state index >= 15 is 0 Å². The molecule has 0 radical (unpaired) electrons. The minimum absolute atomic E-state index is 0.0331. The Kier molecular flexibility index (Phi) is 5.46. The number of carbonyl (C=O) groups excluding carboxylic acids is 3. The molecule has 0 spiro atoms. The molecule has 1 unspecified atom stereocenters. The minimum atomic E-state index is -0.412. The first-order chi connectivity index (χ1) is 16.1. The number of amides is 3. The van der Waals surface area contributed by atoms with Gasteiger partial charge in [0.2, 0.25) is 0 Å². The van der Waals surface area contributed by atoms with E-state index in [0.29, 0.717) is 30.0 Å². The average molecular weight is 444 g/mol. The van der Waals surface area contributed by atoms with Crippen molar-refractivity contribution in [1.82, 2.24) is 9.80 Å². The summed E-state index contributed by atoms with van der Waals surface area (Å²) in [6.07, 6.45) is 3.28. The number of hydrogen-bond acceptors (Lipinski definition) is 5. The van der Waals surface area contributed by atoms with Crippen LogP contribution in [0.25, 0.3) is 0 Å². The van der Waals surface area contributed by atoms with Crippen molar-refractivity contribution in [3.8, 4) is 5.75 Å². The monoisotopic (exact) mass is 444 g/mol. The van der Waals surface area contributed by atoms with E-state index in [9.17, 15) is 14.4 Å². The van der Waals surface area contributed by atoms with E-state index in [2.05, 4.69) is 0 Å². The summed E-state index contributed by atoms with van der Waals surface area (Å²) in [5.74, 6) is 0.400. The lowest BCUT2D eigenvalue weighted by molar-refractivity contribution is 0.0631. The summed E-state index contributed by atoms with van der Waals surface area (Å²) in [4.78, 5) is 42.1. The van der Waals surface area contributed by atoms with Gasteiger partial charge in [0.05, 0.1) is 36.6 Å². The van der Waals surface area contributed by atoms with Gasteiger partial charge in [-0.15, -0.1) is 0 Å². The SMILES string of the molecule is CCOc1ccc(C2CCCN2C(=O)c2ccc3c(c2)C(=O)N(Cc2ccco2)C3=O)cc1. The van der Waals surface area contributed by atoms with E-state index in [1.54, 1.807) is 30.3 Å². The largest absolute Gasteiger partial charge is 0.494 e. The van der Waals surface area contributed by atoms with E-state index in [4.69, 9.17) is 9.15 Å². The number of ether oxygens (including phenoxy) is 1. The second kappa shape index (κ2) is 8.58. The molecular weight excluding hydrogens is 420 g/mol. The van der Waals surface area contributed by atoms with Crippen LogP contribution in [-0.2, 0) is 6.54 Å². The highest BCUT2D eigenvalue weighted by Gasteiger charge is 2.37. The van der Waals surface area contributed by atoms with Crippen molar-refractivity contribution in [2.24, 2.45) is 0 Å². The van der Waals surface area contributed by atoms with Gasteiger partial charge in [-0.25, -0.2) is 0 Å². The molecule has 0 saturated carbocycles. The third-order valence-corrected chi connectivity index (χ3v) is 6.20. The molecule has 1 atom stereocenters. The molecular formula is C26H24N2O5. The van der Waals surface area contributed by atoms with Crippen molar-refractivity contribution >= 4 is 17.7 Å². The number of benzene rings is 2. The van der Waals surface area contributed by atoms with Crippen molar-refractivity contribution in [3.63, 3.8) is 0 Å². The highest BCUT2D eigenvalue weighted by atomic mass is 16.5. The molecule has 7 nitrogen and oxygen atoms in total. The Bertz CT molecular complexity index is 1200. The van der Waals surface area contributed by atoms with Crippen molar-refractivity contribution in [2.45, 2.75) is 32.4 Å². The number of hydrogen-bond donors (Lipinski definition) is 0. The zero-order valence-corrected chi connectivity index (χ0v) is 18.3. The van der Waals surface area contributed by atoms with Gasteiger partial charge in [0.25, 0.3) is 17.7 Å². The van der Waals surface area contributed by atoms with Gasteiger partial charge in [0.1, 0.15) is 11.5 Å². The zero-order chi connectivity index (χ0) is 22.9. The molecule has 3 heterocycles. The Morgan fingerprint density at radius 1 is 1.06 bits per heavy atom. The van der Waals surface area contributed by atoms with Crippen LogP contribution < -0.4 is 4.74 Å². The smallest absolute Gasteiger partial charge is 0.261 e. The molecule has 2 aliphatic heterocycles. The van der Waals surface area contributed by atoms with Crippen LogP contribution in [0.4, 0.5) is 0 Å². The molecule has 1 aromatic heterocycles. The van der Waals surface area contributed by atoms with Crippen LogP contribution in [0.5, 0.6) is 5.75 Å². The molecule has 1 fully saturated rings. The fourth-order valence-electron chi connectivity index (χ4n) is 4.60. The van der Waals surface area contributed by atoms with Crippen LogP contribution in [0, 0.1) is 0 Å². The van der Waals surface area contributed by atoms with Gasteiger partial charge >= 0.3 is 0 Å². The summed E-state index contributed by atoms with van der Waals surface area (Å²) < 4.78 is 10.8. The molecule has 2 aromatic carbocycles. The van der Waals surface area contributed by atoms with Crippen molar-refractivity contribution < 1.29 is 23.5 Å². The van der Waals surface area contributed by atoms with E-state index in [1.165, 1.54) is 6.26 Å². The molecule has 168 valence electrons. The summed E-state index contributed by atoms with van der Waals surface area (Å²) in [6.45, 7) is 3.25. The van der Waals surface area contributed by atoms with Crippen molar-refractivity contribution in [1.29, 1.82) is 0 Å². The summed E-state index contributed by atoms with van der Waals surface area (Å²) >= 11 is 0. The van der Waals surface area contributed by atoms with E-state index in [1.807, 2.05) is 36.1 Å². The quantitative estimate of drug-likeness (QED) is 0.525. The summed E-state index contributed by atoms with van der Waals surface area (Å²) in [5, 5.41) is 0. The third-order valence-electron chi connectivity index (χ3n) is 6.20. The summed E-state index contributed by atoms with van der Waals surface area (Å²) in [6, 6.07) is 16.0. The number of furan rings is 1. The maximum atomic E-state index is 13.4. The van der Waals surface area contributed by atoms with Gasteiger partial charge in [0.15, 0.2) is 0 Å². The number of rotatable bonds is 6. The lowest BCUT2D eigenvalue weighted by atomic mass is 10.0. The maximum absolute atomic E-state index is 13.4. The highest BCUT2D eigenvalue weighted by Crippen LogP contribution is 2.35. The first-order valence-electron chi connectivity index (χ1n) is 11.1. The lowest BCUT2D eigenvalue weighted by Crippen LogP contribution is -2.30. The number of fused-ring (bicyclic) bond motifs is 1. The molecule has 33 heavy (non-hydrogen) atoms. The van der Waals surface area contributed by atoms with Gasteiger partial charge in [0, 0.05) is 12.1 Å². The first kappa shape index (κ1) is 21.0. The molecule has 5 rings (SSSR count). The third kappa shape index (κ3) is 3.80. The number of likely N-dealkylation sites (tertiary alicyclic amines) is 1. The summed E-state index contributed by atoms with van der Waals surface area (Å²) in [5.41, 5.74) is 2.04.